The number of nitrogens with one attached hydrogen (secondary N) is 1. The fourth-order valence-corrected chi connectivity index (χ4v) is 3.06. The zero-order chi connectivity index (χ0) is 14.2. The van der Waals surface area contributed by atoms with E-state index in [0.717, 1.165) is 5.56 Å². The summed E-state index contributed by atoms with van der Waals surface area (Å²) in [5.41, 5.74) is 9.37. The number of ether oxygens (including phenoxy) is 1. The molecule has 1 aliphatic carbocycles. The molecule has 0 aliphatic heterocycles. The molecular weight excluding hydrogens is 240 g/mol. The van der Waals surface area contributed by atoms with Gasteiger partial charge in [-0.25, -0.2) is 0 Å². The van der Waals surface area contributed by atoms with Gasteiger partial charge in [0.25, 0.3) is 0 Å². The first-order valence-electron chi connectivity index (χ1n) is 6.68. The van der Waals surface area contributed by atoms with Crippen molar-refractivity contribution in [3.8, 4) is 5.75 Å². The summed E-state index contributed by atoms with van der Waals surface area (Å²) in [6.07, 6.45) is 0. The largest absolute Gasteiger partial charge is 0.495 e. The van der Waals surface area contributed by atoms with Gasteiger partial charge >= 0.3 is 0 Å². The molecule has 0 spiro atoms. The fraction of sp³-hybridized carbons (Fsp3) is 0.533. The number of carbonyl (C=O) groups excluding carboxylic acids is 1. The van der Waals surface area contributed by atoms with E-state index in [-0.39, 0.29) is 11.8 Å². The number of benzene rings is 1. The second-order valence-corrected chi connectivity index (χ2v) is 5.38. The molecule has 0 radical (unpaired) electrons. The van der Waals surface area contributed by atoms with E-state index in [1.54, 1.807) is 14.0 Å². The predicted molar refractivity (Wildman–Crippen MR) is 76.4 cm³/mol. The summed E-state index contributed by atoms with van der Waals surface area (Å²) in [4.78, 5) is 11.1. The third-order valence-electron chi connectivity index (χ3n) is 4.36. The number of rotatable bonds is 3. The Hall–Kier alpha value is -1.71. The number of anilines is 1. The van der Waals surface area contributed by atoms with Crippen LogP contribution in [0.25, 0.3) is 0 Å². The lowest BCUT2D eigenvalue weighted by atomic mass is 9.89. The zero-order valence-corrected chi connectivity index (χ0v) is 12.0. The van der Waals surface area contributed by atoms with Crippen LogP contribution >= 0.6 is 0 Å². The van der Waals surface area contributed by atoms with Crippen LogP contribution in [-0.2, 0) is 4.79 Å². The molecule has 4 nitrogen and oxygen atoms in total. The molecule has 0 saturated heterocycles. The molecule has 3 atom stereocenters. The van der Waals surface area contributed by atoms with E-state index in [2.05, 4.69) is 25.2 Å². The van der Waals surface area contributed by atoms with Crippen LogP contribution in [0.3, 0.4) is 0 Å². The van der Waals surface area contributed by atoms with Gasteiger partial charge in [-0.15, -0.1) is 0 Å². The Morgan fingerprint density at radius 2 is 2.11 bits per heavy atom. The summed E-state index contributed by atoms with van der Waals surface area (Å²) in [7, 11) is 1.63. The van der Waals surface area contributed by atoms with Crippen LogP contribution in [-0.4, -0.2) is 19.6 Å². The number of hydrogen-bond acceptors (Lipinski definition) is 3. The minimum absolute atomic E-state index is 0.00484. The van der Waals surface area contributed by atoms with Gasteiger partial charge in [-0.2, -0.15) is 0 Å². The quantitative estimate of drug-likeness (QED) is 0.821. The van der Waals surface area contributed by atoms with E-state index in [4.69, 9.17) is 10.5 Å². The van der Waals surface area contributed by atoms with Crippen molar-refractivity contribution in [2.45, 2.75) is 32.6 Å². The van der Waals surface area contributed by atoms with Crippen molar-refractivity contribution in [1.29, 1.82) is 0 Å². The Balaban J connectivity index is 2.41. The van der Waals surface area contributed by atoms with Crippen molar-refractivity contribution < 1.29 is 9.53 Å². The summed E-state index contributed by atoms with van der Waals surface area (Å²) in [6.45, 7) is 6.59. The van der Waals surface area contributed by atoms with Gasteiger partial charge in [0.1, 0.15) is 5.75 Å². The number of amides is 1. The number of nitrogen functional groups attached to an aromatic ring is 1. The molecule has 1 aromatic carbocycles. The molecule has 0 aromatic heterocycles. The van der Waals surface area contributed by atoms with Gasteiger partial charge in [-0.05, 0) is 29.0 Å². The van der Waals surface area contributed by atoms with Crippen LogP contribution in [0.2, 0.25) is 0 Å². The molecule has 1 aromatic rings. The van der Waals surface area contributed by atoms with Crippen LogP contribution in [0.15, 0.2) is 12.1 Å². The third-order valence-corrected chi connectivity index (χ3v) is 4.36. The summed E-state index contributed by atoms with van der Waals surface area (Å²) >= 11 is 0. The van der Waals surface area contributed by atoms with E-state index < -0.39 is 0 Å². The lowest BCUT2D eigenvalue weighted by Gasteiger charge is -2.20. The average molecular weight is 262 g/mol. The molecular formula is C15H22N2O2. The lowest BCUT2D eigenvalue weighted by Crippen LogP contribution is -2.28. The van der Waals surface area contributed by atoms with Crippen molar-refractivity contribution in [2.75, 3.05) is 19.4 Å². The Morgan fingerprint density at radius 1 is 1.42 bits per heavy atom. The Morgan fingerprint density at radius 3 is 2.68 bits per heavy atom. The summed E-state index contributed by atoms with van der Waals surface area (Å²) in [6, 6.07) is 4.03. The molecule has 4 heteroatoms. The highest BCUT2D eigenvalue weighted by molar-refractivity contribution is 5.73. The van der Waals surface area contributed by atoms with Crippen LogP contribution in [0.5, 0.6) is 5.75 Å². The lowest BCUT2D eigenvalue weighted by molar-refractivity contribution is -0.119. The van der Waals surface area contributed by atoms with Crippen LogP contribution in [0.4, 0.5) is 5.69 Å². The highest BCUT2D eigenvalue weighted by Gasteiger charge is 2.37. The first kappa shape index (κ1) is 13.7. The van der Waals surface area contributed by atoms with Crippen molar-refractivity contribution in [1.82, 2.24) is 5.32 Å². The predicted octanol–water partition coefficient (Wildman–Crippen LogP) is 2.25. The maximum Gasteiger partial charge on any atom is 0.216 e. The normalized spacial score (nSPS) is 24.9. The number of hydrogen-bond donors (Lipinski definition) is 2. The minimum atomic E-state index is -0.00484. The number of fused-ring (bicyclic) bond motifs is 1. The molecule has 2 rings (SSSR count). The molecule has 3 unspecified atom stereocenters. The van der Waals surface area contributed by atoms with Crippen molar-refractivity contribution >= 4 is 11.6 Å². The summed E-state index contributed by atoms with van der Waals surface area (Å²) in [5, 5.41) is 2.91. The molecule has 0 saturated carbocycles. The fourth-order valence-electron chi connectivity index (χ4n) is 3.06. The van der Waals surface area contributed by atoms with Gasteiger partial charge < -0.3 is 15.8 Å². The Kier molecular flexibility index (Phi) is 3.69. The van der Waals surface area contributed by atoms with Crippen molar-refractivity contribution in [3.05, 3.63) is 23.3 Å². The first-order valence-corrected chi connectivity index (χ1v) is 6.68. The number of carbonyl (C=O) groups is 1. The smallest absolute Gasteiger partial charge is 0.216 e. The van der Waals surface area contributed by atoms with Gasteiger partial charge in [0.05, 0.1) is 12.8 Å². The van der Waals surface area contributed by atoms with E-state index >= 15 is 0 Å². The van der Waals surface area contributed by atoms with E-state index in [9.17, 15) is 4.79 Å². The zero-order valence-electron chi connectivity index (χ0n) is 12.0. The van der Waals surface area contributed by atoms with Gasteiger partial charge in [-0.3, -0.25) is 4.79 Å². The van der Waals surface area contributed by atoms with Crippen LogP contribution < -0.4 is 15.8 Å². The molecule has 1 amide bonds. The van der Waals surface area contributed by atoms with E-state index in [0.29, 0.717) is 29.8 Å². The SMILES string of the molecule is COc1ccc2c(c1N)C(CNC(C)=O)C(C)C2C. The third kappa shape index (κ3) is 2.27. The van der Waals surface area contributed by atoms with Crippen molar-refractivity contribution in [2.24, 2.45) is 5.92 Å². The second-order valence-electron chi connectivity index (χ2n) is 5.38. The van der Waals surface area contributed by atoms with E-state index in [1.807, 2.05) is 6.07 Å². The standard InChI is InChI=1S/C15H22N2O2/c1-8-9(2)12(7-17-10(3)18)14-11(8)5-6-13(19-4)15(14)16/h5-6,8-9,12H,7,16H2,1-4H3,(H,17,18). The minimum Gasteiger partial charge on any atom is -0.495 e. The summed E-state index contributed by atoms with van der Waals surface area (Å²) in [5.74, 6) is 1.87. The van der Waals surface area contributed by atoms with Crippen LogP contribution in [0.1, 0.15) is 43.7 Å². The molecule has 0 fully saturated rings. The topological polar surface area (TPSA) is 64.3 Å². The molecule has 19 heavy (non-hydrogen) atoms. The maximum absolute atomic E-state index is 11.1. The number of methoxy groups -OCH3 is 1. The molecule has 104 valence electrons. The molecule has 0 heterocycles. The molecule has 0 bridgehead atoms. The van der Waals surface area contributed by atoms with Crippen molar-refractivity contribution in [3.63, 3.8) is 0 Å². The highest BCUT2D eigenvalue weighted by Crippen LogP contribution is 2.50. The first-order chi connectivity index (χ1) is 8.97. The maximum atomic E-state index is 11.1. The molecule has 3 N–H and O–H groups in total. The van der Waals surface area contributed by atoms with E-state index in [1.165, 1.54) is 5.56 Å². The van der Waals surface area contributed by atoms with Crippen LogP contribution in [0, 0.1) is 5.92 Å². The van der Waals surface area contributed by atoms with Gasteiger partial charge in [0.15, 0.2) is 0 Å². The summed E-state index contributed by atoms with van der Waals surface area (Å²) < 4.78 is 5.30. The number of nitrogens with two attached hydrogens (primary N) is 1. The monoisotopic (exact) mass is 262 g/mol. The van der Waals surface area contributed by atoms with Gasteiger partial charge in [0, 0.05) is 19.4 Å². The average Bonchev–Trinajstić information content (AvgIpc) is 2.61. The highest BCUT2D eigenvalue weighted by atomic mass is 16.5. The van der Waals surface area contributed by atoms with Gasteiger partial charge in [-0.1, -0.05) is 19.9 Å². The second kappa shape index (κ2) is 5.11. The Labute approximate surface area is 114 Å². The van der Waals surface area contributed by atoms with Gasteiger partial charge in [0.2, 0.25) is 5.91 Å². The Bertz CT molecular complexity index is 499. The molecule has 1 aliphatic rings.